The second kappa shape index (κ2) is 7.08. The smallest absolute Gasteiger partial charge is 0.223 e. The van der Waals surface area contributed by atoms with Gasteiger partial charge in [0, 0.05) is 37.3 Å². The molecule has 4 saturated heterocycles. The summed E-state index contributed by atoms with van der Waals surface area (Å²) in [5.74, 6) is 1.44. The van der Waals surface area contributed by atoms with E-state index in [1.807, 2.05) is 12.3 Å². The van der Waals surface area contributed by atoms with Crippen molar-refractivity contribution in [1.82, 2.24) is 14.8 Å². The molecule has 0 saturated carbocycles. The van der Waals surface area contributed by atoms with Gasteiger partial charge in [0.2, 0.25) is 5.91 Å². The first-order valence-corrected chi connectivity index (χ1v) is 10.3. The summed E-state index contributed by atoms with van der Waals surface area (Å²) in [6, 6.07) is 15.8. The van der Waals surface area contributed by atoms with Gasteiger partial charge in [-0.1, -0.05) is 36.4 Å². The highest BCUT2D eigenvalue weighted by Gasteiger charge is 2.54. The van der Waals surface area contributed by atoms with Crippen LogP contribution in [0, 0.1) is 5.92 Å². The fourth-order valence-electron chi connectivity index (χ4n) is 5.64. The molecule has 3 atom stereocenters. The van der Waals surface area contributed by atoms with Crippen LogP contribution >= 0.6 is 0 Å². The normalized spacial score (nSPS) is 31.7. The van der Waals surface area contributed by atoms with Crippen LogP contribution < -0.4 is 0 Å². The predicted molar refractivity (Wildman–Crippen MR) is 105 cm³/mol. The summed E-state index contributed by atoms with van der Waals surface area (Å²) in [7, 11) is 0. The molecule has 0 N–H and O–H groups in total. The number of nitrogens with zero attached hydrogens (tertiary/aromatic N) is 3. The maximum absolute atomic E-state index is 13.2. The fraction of sp³-hybridized carbons (Fsp3) is 0.478. The molecule has 2 bridgehead atoms. The third-order valence-electron chi connectivity index (χ3n) is 6.89. The van der Waals surface area contributed by atoms with Gasteiger partial charge in [-0.25, -0.2) is 0 Å². The van der Waals surface area contributed by atoms with Crippen LogP contribution in [0.15, 0.2) is 54.9 Å². The number of fused-ring (bicyclic) bond motifs is 2. The topological polar surface area (TPSA) is 36.4 Å². The van der Waals surface area contributed by atoms with E-state index in [4.69, 9.17) is 0 Å². The van der Waals surface area contributed by atoms with E-state index in [-0.39, 0.29) is 0 Å². The highest BCUT2D eigenvalue weighted by molar-refractivity contribution is 5.77. The van der Waals surface area contributed by atoms with Crippen molar-refractivity contribution < 1.29 is 4.79 Å². The van der Waals surface area contributed by atoms with Crippen molar-refractivity contribution in [2.45, 2.75) is 43.7 Å². The third kappa shape index (κ3) is 3.06. The lowest BCUT2D eigenvalue weighted by molar-refractivity contribution is -0.135. The molecule has 4 fully saturated rings. The first kappa shape index (κ1) is 16.9. The number of hydrogen-bond donors (Lipinski definition) is 0. The van der Waals surface area contributed by atoms with E-state index >= 15 is 0 Å². The third-order valence-corrected chi connectivity index (χ3v) is 6.89. The summed E-state index contributed by atoms with van der Waals surface area (Å²) in [4.78, 5) is 22.3. The van der Waals surface area contributed by atoms with Crippen LogP contribution in [0.5, 0.6) is 0 Å². The van der Waals surface area contributed by atoms with Gasteiger partial charge in [-0.3, -0.25) is 14.7 Å². The van der Waals surface area contributed by atoms with Crippen molar-refractivity contribution in [3.63, 3.8) is 0 Å². The summed E-state index contributed by atoms with van der Waals surface area (Å²) in [5.41, 5.74) is 2.54. The molecule has 0 radical (unpaired) electrons. The molecule has 1 aromatic heterocycles. The lowest BCUT2D eigenvalue weighted by Gasteiger charge is -2.51. The van der Waals surface area contributed by atoms with Crippen LogP contribution in [0.2, 0.25) is 0 Å². The molecular weight excluding hydrogens is 334 g/mol. The SMILES string of the molecule is O=C(CCc1cccnc1)N1C[C@H](c2ccccc2)[C@H]2[C@@H]1C1CCN2CC1. The first-order valence-electron chi connectivity index (χ1n) is 10.3. The van der Waals surface area contributed by atoms with Gasteiger partial charge in [0.25, 0.3) is 0 Å². The summed E-state index contributed by atoms with van der Waals surface area (Å²) in [6.07, 6.45) is 7.52. The van der Waals surface area contributed by atoms with Crippen LogP contribution in [-0.2, 0) is 11.2 Å². The molecule has 0 spiro atoms. The molecule has 0 unspecified atom stereocenters. The van der Waals surface area contributed by atoms with Crippen LogP contribution in [-0.4, -0.2) is 52.4 Å². The molecule has 2 aromatic rings. The molecule has 5 heterocycles. The average Bonchev–Trinajstić information content (AvgIpc) is 3.17. The minimum Gasteiger partial charge on any atom is -0.337 e. The van der Waals surface area contributed by atoms with E-state index in [2.05, 4.69) is 51.2 Å². The van der Waals surface area contributed by atoms with E-state index in [0.29, 0.717) is 36.2 Å². The number of hydrogen-bond acceptors (Lipinski definition) is 3. The molecule has 140 valence electrons. The Morgan fingerprint density at radius 3 is 2.59 bits per heavy atom. The quantitative estimate of drug-likeness (QED) is 0.840. The number of rotatable bonds is 4. The molecule has 1 amide bonds. The molecule has 4 aliphatic heterocycles. The minimum absolute atomic E-state index is 0.320. The Hall–Kier alpha value is -2.20. The van der Waals surface area contributed by atoms with E-state index in [0.717, 1.165) is 18.5 Å². The number of aryl methyl sites for hydroxylation is 1. The standard InChI is InChI=1S/C23H27N3O/c27-21(9-8-17-5-4-12-24-15-17)26-16-20(18-6-2-1-3-7-18)23-22(26)19-10-13-25(23)14-11-19/h1-7,12,15,19-20,22-23H,8-11,13-14,16H2/t20-,22+,23+/m1/s1. The number of carbonyl (C=O) groups is 1. The lowest BCUT2D eigenvalue weighted by Crippen LogP contribution is -2.60. The van der Waals surface area contributed by atoms with Crippen molar-refractivity contribution in [1.29, 1.82) is 0 Å². The Balaban J connectivity index is 1.38. The molecule has 1 aromatic carbocycles. The average molecular weight is 361 g/mol. The molecule has 4 aliphatic rings. The maximum atomic E-state index is 13.2. The van der Waals surface area contributed by atoms with Crippen LogP contribution in [0.25, 0.3) is 0 Å². The Morgan fingerprint density at radius 2 is 1.85 bits per heavy atom. The maximum Gasteiger partial charge on any atom is 0.223 e. The Kier molecular flexibility index (Phi) is 4.44. The zero-order chi connectivity index (χ0) is 18.2. The zero-order valence-corrected chi connectivity index (χ0v) is 15.7. The van der Waals surface area contributed by atoms with Gasteiger partial charge in [-0.15, -0.1) is 0 Å². The van der Waals surface area contributed by atoms with Gasteiger partial charge < -0.3 is 4.90 Å². The van der Waals surface area contributed by atoms with E-state index in [1.165, 1.54) is 31.5 Å². The fourth-order valence-corrected chi connectivity index (χ4v) is 5.64. The van der Waals surface area contributed by atoms with Crippen molar-refractivity contribution in [2.75, 3.05) is 19.6 Å². The van der Waals surface area contributed by atoms with Crippen molar-refractivity contribution >= 4 is 5.91 Å². The van der Waals surface area contributed by atoms with E-state index < -0.39 is 0 Å². The molecular formula is C23H27N3O. The first-order chi connectivity index (χ1) is 13.3. The molecule has 4 heteroatoms. The summed E-state index contributed by atoms with van der Waals surface area (Å²) in [5, 5.41) is 0. The van der Waals surface area contributed by atoms with Gasteiger partial charge in [0.05, 0.1) is 6.04 Å². The van der Waals surface area contributed by atoms with Crippen molar-refractivity contribution in [3.8, 4) is 0 Å². The molecule has 0 aliphatic carbocycles. The number of benzene rings is 1. The summed E-state index contributed by atoms with van der Waals surface area (Å²) >= 11 is 0. The number of aromatic nitrogens is 1. The summed E-state index contributed by atoms with van der Waals surface area (Å²) in [6.45, 7) is 3.28. The summed E-state index contributed by atoms with van der Waals surface area (Å²) < 4.78 is 0. The Morgan fingerprint density at radius 1 is 1.04 bits per heavy atom. The Bertz CT molecular complexity index is 786. The number of likely N-dealkylation sites (tertiary alicyclic amines) is 1. The van der Waals surface area contributed by atoms with Crippen molar-refractivity contribution in [2.24, 2.45) is 5.92 Å². The van der Waals surface area contributed by atoms with Gasteiger partial charge in [-0.2, -0.15) is 0 Å². The largest absolute Gasteiger partial charge is 0.337 e. The van der Waals surface area contributed by atoms with Crippen LogP contribution in [0.1, 0.15) is 36.3 Å². The lowest BCUT2D eigenvalue weighted by atomic mass is 9.75. The number of pyridine rings is 1. The predicted octanol–water partition coefficient (Wildman–Crippen LogP) is 3.10. The zero-order valence-electron chi connectivity index (χ0n) is 15.7. The number of piperidine rings is 3. The van der Waals surface area contributed by atoms with E-state index in [9.17, 15) is 4.79 Å². The monoisotopic (exact) mass is 361 g/mol. The number of carbonyl (C=O) groups excluding carboxylic acids is 1. The van der Waals surface area contributed by atoms with Gasteiger partial charge in [0.1, 0.15) is 0 Å². The molecule has 6 rings (SSSR count). The Labute approximate surface area is 161 Å². The van der Waals surface area contributed by atoms with Crippen molar-refractivity contribution in [3.05, 3.63) is 66.0 Å². The van der Waals surface area contributed by atoms with Crippen LogP contribution in [0.4, 0.5) is 0 Å². The second-order valence-corrected chi connectivity index (χ2v) is 8.28. The highest BCUT2D eigenvalue weighted by Crippen LogP contribution is 2.46. The number of amides is 1. The van der Waals surface area contributed by atoms with Gasteiger partial charge >= 0.3 is 0 Å². The van der Waals surface area contributed by atoms with Gasteiger partial charge in [0.15, 0.2) is 0 Å². The second-order valence-electron chi connectivity index (χ2n) is 8.28. The van der Waals surface area contributed by atoms with Crippen LogP contribution in [0.3, 0.4) is 0 Å². The van der Waals surface area contributed by atoms with Gasteiger partial charge in [-0.05, 0) is 55.5 Å². The molecule has 27 heavy (non-hydrogen) atoms. The molecule has 4 nitrogen and oxygen atoms in total. The van der Waals surface area contributed by atoms with E-state index in [1.54, 1.807) is 6.20 Å². The minimum atomic E-state index is 0.320. The highest BCUT2D eigenvalue weighted by atomic mass is 16.2.